The second-order valence-corrected chi connectivity index (χ2v) is 9.25. The van der Waals surface area contributed by atoms with E-state index in [0.717, 1.165) is 37.9 Å². The highest BCUT2D eigenvalue weighted by Crippen LogP contribution is 2.29. The predicted octanol–water partition coefficient (Wildman–Crippen LogP) is 2.95. The Morgan fingerprint density at radius 1 is 1.28 bits per heavy atom. The molecular weight excluding hydrogens is 390 g/mol. The van der Waals surface area contributed by atoms with Crippen molar-refractivity contribution >= 4 is 33.4 Å². The fourth-order valence-electron chi connectivity index (χ4n) is 4.37. The van der Waals surface area contributed by atoms with Gasteiger partial charge in [0.2, 0.25) is 0 Å². The second-order valence-electron chi connectivity index (χ2n) is 8.25. The number of esters is 1. The second kappa shape index (κ2) is 7.89. The largest absolute Gasteiger partial charge is 0.448 e. The van der Waals surface area contributed by atoms with Crippen LogP contribution < -0.4 is 10.9 Å². The molecule has 1 N–H and O–H groups in total. The molecule has 1 saturated carbocycles. The highest BCUT2D eigenvalue weighted by Gasteiger charge is 2.29. The summed E-state index contributed by atoms with van der Waals surface area (Å²) in [5, 5.41) is 3.51. The molecule has 0 aromatic carbocycles. The molecule has 1 fully saturated rings. The van der Waals surface area contributed by atoms with Gasteiger partial charge in [0, 0.05) is 19.0 Å². The van der Waals surface area contributed by atoms with Gasteiger partial charge >= 0.3 is 5.97 Å². The van der Waals surface area contributed by atoms with Crippen LogP contribution in [0, 0.1) is 12.8 Å². The Morgan fingerprint density at radius 2 is 2.03 bits per heavy atom. The molecule has 0 radical (unpaired) electrons. The van der Waals surface area contributed by atoms with Gasteiger partial charge in [0.05, 0.1) is 5.39 Å². The lowest BCUT2D eigenvalue weighted by molar-refractivity contribution is -0.130. The topological polar surface area (TPSA) is 90.3 Å². The van der Waals surface area contributed by atoms with Crippen molar-refractivity contribution in [2.45, 2.75) is 78.0 Å². The van der Waals surface area contributed by atoms with Crippen molar-refractivity contribution in [1.82, 2.24) is 14.9 Å². The molecule has 2 aromatic heterocycles. The number of nitrogens with zero attached hydrogens (tertiary/aromatic N) is 2. The number of aryl methyl sites for hydroxylation is 2. The first-order chi connectivity index (χ1) is 13.9. The van der Waals surface area contributed by atoms with Gasteiger partial charge in [0.1, 0.15) is 15.5 Å². The van der Waals surface area contributed by atoms with E-state index in [4.69, 9.17) is 4.74 Å². The van der Waals surface area contributed by atoms with Crippen LogP contribution in [0.25, 0.3) is 10.2 Å². The van der Waals surface area contributed by atoms with Crippen molar-refractivity contribution in [3.63, 3.8) is 0 Å². The fourth-order valence-corrected chi connectivity index (χ4v) is 5.44. The standard InChI is InChI=1S/C21H27N3O4S/c1-11-7-4-5-8-14(11)22-18(25)13(3)28-21(27)17-12(2)16-19(29-17)23-15-9-6-10-24(15)20(16)26/h11,13-14H,4-10H2,1-3H3,(H,22,25). The summed E-state index contributed by atoms with van der Waals surface area (Å²) in [5.41, 5.74) is 0.496. The molecule has 0 saturated heterocycles. The average Bonchev–Trinajstić information content (AvgIpc) is 3.28. The number of ether oxygens (including phenoxy) is 1. The molecule has 1 aliphatic heterocycles. The zero-order valence-corrected chi connectivity index (χ0v) is 17.9. The monoisotopic (exact) mass is 417 g/mol. The van der Waals surface area contributed by atoms with Gasteiger partial charge in [-0.2, -0.15) is 0 Å². The van der Waals surface area contributed by atoms with E-state index in [1.54, 1.807) is 18.4 Å². The van der Waals surface area contributed by atoms with Crippen LogP contribution in [0.4, 0.5) is 0 Å². The molecule has 2 aliphatic rings. The summed E-state index contributed by atoms with van der Waals surface area (Å²) in [6, 6.07) is 0.134. The van der Waals surface area contributed by atoms with Gasteiger partial charge < -0.3 is 10.1 Å². The Kier molecular flexibility index (Phi) is 5.46. The van der Waals surface area contributed by atoms with E-state index in [1.165, 1.54) is 17.8 Å². The van der Waals surface area contributed by atoms with Crippen molar-refractivity contribution < 1.29 is 14.3 Å². The quantitative estimate of drug-likeness (QED) is 0.773. The summed E-state index contributed by atoms with van der Waals surface area (Å²) in [6.07, 6.45) is 5.17. The van der Waals surface area contributed by atoms with Crippen LogP contribution in [0.15, 0.2) is 4.79 Å². The summed E-state index contributed by atoms with van der Waals surface area (Å²) in [6.45, 7) is 6.15. The van der Waals surface area contributed by atoms with Crippen LogP contribution in [0.5, 0.6) is 0 Å². The number of amides is 1. The number of thiophene rings is 1. The molecule has 4 rings (SSSR count). The maximum atomic E-state index is 12.8. The predicted molar refractivity (Wildman–Crippen MR) is 111 cm³/mol. The zero-order chi connectivity index (χ0) is 20.7. The first kappa shape index (κ1) is 20.1. The highest BCUT2D eigenvalue weighted by molar-refractivity contribution is 7.20. The summed E-state index contributed by atoms with van der Waals surface area (Å²) in [4.78, 5) is 43.5. The minimum atomic E-state index is -0.889. The van der Waals surface area contributed by atoms with Gasteiger partial charge in [-0.05, 0) is 44.6 Å². The van der Waals surface area contributed by atoms with E-state index in [9.17, 15) is 14.4 Å². The minimum absolute atomic E-state index is 0.0904. The molecule has 7 nitrogen and oxygen atoms in total. The smallest absolute Gasteiger partial charge is 0.349 e. The lowest BCUT2D eigenvalue weighted by atomic mass is 9.86. The van der Waals surface area contributed by atoms with Gasteiger partial charge in [0.15, 0.2) is 6.10 Å². The van der Waals surface area contributed by atoms with Crippen molar-refractivity contribution in [1.29, 1.82) is 0 Å². The van der Waals surface area contributed by atoms with Gasteiger partial charge in [-0.1, -0.05) is 19.8 Å². The number of aromatic nitrogens is 2. The summed E-state index contributed by atoms with van der Waals surface area (Å²) in [7, 11) is 0. The van der Waals surface area contributed by atoms with Gasteiger partial charge in [-0.15, -0.1) is 11.3 Å². The van der Waals surface area contributed by atoms with E-state index in [2.05, 4.69) is 17.2 Å². The van der Waals surface area contributed by atoms with E-state index in [-0.39, 0.29) is 17.5 Å². The van der Waals surface area contributed by atoms with Crippen molar-refractivity contribution in [3.8, 4) is 0 Å². The van der Waals surface area contributed by atoms with E-state index in [1.807, 2.05) is 0 Å². The van der Waals surface area contributed by atoms with Crippen LogP contribution in [-0.4, -0.2) is 33.6 Å². The normalized spacial score (nSPS) is 22.3. The van der Waals surface area contributed by atoms with Gasteiger partial charge in [-0.3, -0.25) is 14.2 Å². The third-order valence-electron chi connectivity index (χ3n) is 6.19. The van der Waals surface area contributed by atoms with Crippen LogP contribution >= 0.6 is 11.3 Å². The Hall–Kier alpha value is -2.22. The van der Waals surface area contributed by atoms with Gasteiger partial charge in [-0.25, -0.2) is 9.78 Å². The number of hydrogen-bond donors (Lipinski definition) is 1. The molecular formula is C21H27N3O4S. The van der Waals surface area contributed by atoms with E-state index < -0.39 is 12.1 Å². The summed E-state index contributed by atoms with van der Waals surface area (Å²) < 4.78 is 7.14. The average molecular weight is 418 g/mol. The number of carbonyl (C=O) groups excluding carboxylic acids is 2. The Morgan fingerprint density at radius 3 is 2.79 bits per heavy atom. The van der Waals surface area contributed by atoms with Crippen LogP contribution in [0.1, 0.15) is 67.0 Å². The molecule has 1 aliphatic carbocycles. The Labute approximate surface area is 173 Å². The zero-order valence-electron chi connectivity index (χ0n) is 17.1. The molecule has 29 heavy (non-hydrogen) atoms. The third-order valence-corrected chi connectivity index (χ3v) is 7.35. The summed E-state index contributed by atoms with van der Waals surface area (Å²) in [5.74, 6) is 0.363. The highest BCUT2D eigenvalue weighted by atomic mass is 32.1. The molecule has 0 bridgehead atoms. The number of fused-ring (bicyclic) bond motifs is 2. The molecule has 1 amide bonds. The van der Waals surface area contributed by atoms with Gasteiger partial charge in [0.25, 0.3) is 11.5 Å². The van der Waals surface area contributed by atoms with E-state index >= 15 is 0 Å². The molecule has 3 heterocycles. The number of rotatable bonds is 4. The Bertz CT molecular complexity index is 1030. The summed E-state index contributed by atoms with van der Waals surface area (Å²) >= 11 is 1.17. The van der Waals surface area contributed by atoms with Crippen molar-refractivity contribution in [2.24, 2.45) is 5.92 Å². The Balaban J connectivity index is 1.50. The molecule has 2 aromatic rings. The maximum Gasteiger partial charge on any atom is 0.349 e. The molecule has 156 valence electrons. The van der Waals surface area contributed by atoms with Crippen LogP contribution in [-0.2, 0) is 22.5 Å². The molecule has 3 atom stereocenters. The molecule has 3 unspecified atom stereocenters. The maximum absolute atomic E-state index is 12.8. The first-order valence-corrected chi connectivity index (χ1v) is 11.2. The lowest BCUT2D eigenvalue weighted by Crippen LogP contribution is -2.45. The van der Waals surface area contributed by atoms with E-state index in [0.29, 0.717) is 33.1 Å². The number of carbonyl (C=O) groups is 2. The third kappa shape index (κ3) is 3.70. The lowest BCUT2D eigenvalue weighted by Gasteiger charge is -2.30. The minimum Gasteiger partial charge on any atom is -0.448 e. The number of nitrogens with one attached hydrogen (secondary N) is 1. The SMILES string of the molecule is Cc1c(C(=O)OC(C)C(=O)NC2CCCCC2C)sc2nc3n(c(=O)c12)CCC3. The molecule has 8 heteroatoms. The first-order valence-electron chi connectivity index (χ1n) is 10.4. The molecule has 0 spiro atoms. The fraction of sp³-hybridized carbons (Fsp3) is 0.619. The van der Waals surface area contributed by atoms with Crippen LogP contribution in [0.3, 0.4) is 0 Å². The van der Waals surface area contributed by atoms with Crippen LogP contribution in [0.2, 0.25) is 0 Å². The van der Waals surface area contributed by atoms with Crippen molar-refractivity contribution in [3.05, 3.63) is 26.6 Å². The number of hydrogen-bond acceptors (Lipinski definition) is 6. The van der Waals surface area contributed by atoms with Crippen molar-refractivity contribution in [2.75, 3.05) is 0 Å².